The zero-order valence-electron chi connectivity index (χ0n) is 15.9. The fraction of sp³-hybridized carbons (Fsp3) is 0.556. The first-order valence-electron chi connectivity index (χ1n) is 8.69. The van der Waals surface area contributed by atoms with Gasteiger partial charge < -0.3 is 10.2 Å². The van der Waals surface area contributed by atoms with Gasteiger partial charge in [0.2, 0.25) is 10.0 Å². The lowest BCUT2D eigenvalue weighted by atomic mass is 10.1. The number of nitrogens with one attached hydrogen (secondary N) is 1. The zero-order valence-corrected chi connectivity index (χ0v) is 16.7. The highest BCUT2D eigenvalue weighted by Gasteiger charge is 2.22. The molecule has 0 aliphatic carbocycles. The quantitative estimate of drug-likeness (QED) is 0.656. The minimum absolute atomic E-state index is 0.0403. The SMILES string of the molecule is CC(C)CN(CC(C)C)C(=O)C(=O)NCCc1ccc(S(N)(=O)=O)cc1. The molecule has 8 heteroatoms. The first-order valence-corrected chi connectivity index (χ1v) is 10.2. The fourth-order valence-electron chi connectivity index (χ4n) is 2.51. The molecule has 7 nitrogen and oxygen atoms in total. The van der Waals surface area contributed by atoms with E-state index in [2.05, 4.69) is 5.32 Å². The second-order valence-electron chi connectivity index (χ2n) is 7.19. The number of carbonyl (C=O) groups excluding carboxylic acids is 2. The highest BCUT2D eigenvalue weighted by atomic mass is 32.2. The van der Waals surface area contributed by atoms with E-state index in [1.54, 1.807) is 17.0 Å². The van der Waals surface area contributed by atoms with Gasteiger partial charge in [0.05, 0.1) is 4.90 Å². The maximum Gasteiger partial charge on any atom is 0.311 e. The van der Waals surface area contributed by atoms with Crippen LogP contribution in [0, 0.1) is 11.8 Å². The first-order chi connectivity index (χ1) is 12.0. The van der Waals surface area contributed by atoms with Crippen LogP contribution < -0.4 is 10.5 Å². The molecule has 0 heterocycles. The molecular formula is C18H29N3O4S. The predicted octanol–water partition coefficient (Wildman–Crippen LogP) is 1.13. The summed E-state index contributed by atoms with van der Waals surface area (Å²) in [5.74, 6) is -0.574. The van der Waals surface area contributed by atoms with Crippen LogP contribution in [-0.2, 0) is 26.0 Å². The van der Waals surface area contributed by atoms with Crippen LogP contribution in [0.3, 0.4) is 0 Å². The fourth-order valence-corrected chi connectivity index (χ4v) is 3.02. The maximum absolute atomic E-state index is 12.3. The summed E-state index contributed by atoms with van der Waals surface area (Å²) in [6, 6.07) is 6.12. The third-order valence-corrected chi connectivity index (χ3v) is 4.53. The number of hydrogen-bond donors (Lipinski definition) is 2. The number of nitrogens with two attached hydrogens (primary N) is 1. The van der Waals surface area contributed by atoms with Crippen LogP contribution >= 0.6 is 0 Å². The first kappa shape index (κ1) is 22.1. The van der Waals surface area contributed by atoms with E-state index < -0.39 is 21.8 Å². The topological polar surface area (TPSA) is 110 Å². The van der Waals surface area contributed by atoms with E-state index in [0.29, 0.717) is 19.5 Å². The molecule has 0 radical (unpaired) electrons. The number of sulfonamides is 1. The molecule has 0 fully saturated rings. The van der Waals surface area contributed by atoms with Crippen LogP contribution in [0.2, 0.25) is 0 Å². The van der Waals surface area contributed by atoms with Crippen molar-refractivity contribution >= 4 is 21.8 Å². The van der Waals surface area contributed by atoms with Crippen molar-refractivity contribution in [2.24, 2.45) is 17.0 Å². The zero-order chi connectivity index (χ0) is 19.9. The molecule has 0 unspecified atom stereocenters. The third kappa shape index (κ3) is 7.53. The minimum Gasteiger partial charge on any atom is -0.347 e. The summed E-state index contributed by atoms with van der Waals surface area (Å²) in [4.78, 5) is 26.1. The van der Waals surface area contributed by atoms with E-state index >= 15 is 0 Å². The van der Waals surface area contributed by atoms with Crippen LogP contribution in [0.25, 0.3) is 0 Å². The van der Waals surface area contributed by atoms with Gasteiger partial charge in [-0.15, -0.1) is 0 Å². The Hall–Kier alpha value is -1.93. The van der Waals surface area contributed by atoms with E-state index in [-0.39, 0.29) is 23.3 Å². The Kier molecular flexibility index (Phi) is 8.23. The number of rotatable bonds is 8. The van der Waals surface area contributed by atoms with Crippen molar-refractivity contribution in [3.8, 4) is 0 Å². The molecule has 0 saturated carbocycles. The minimum atomic E-state index is -3.71. The van der Waals surface area contributed by atoms with E-state index in [9.17, 15) is 18.0 Å². The normalized spacial score (nSPS) is 11.7. The molecule has 0 aliphatic heterocycles. The highest BCUT2D eigenvalue weighted by molar-refractivity contribution is 7.89. The van der Waals surface area contributed by atoms with Crippen molar-refractivity contribution in [1.82, 2.24) is 10.2 Å². The molecule has 0 aromatic heterocycles. The summed E-state index contributed by atoms with van der Waals surface area (Å²) in [6.45, 7) is 9.39. The molecule has 26 heavy (non-hydrogen) atoms. The van der Waals surface area contributed by atoms with Crippen LogP contribution in [0.15, 0.2) is 29.2 Å². The monoisotopic (exact) mass is 383 g/mol. The number of hydrogen-bond acceptors (Lipinski definition) is 4. The van der Waals surface area contributed by atoms with Crippen molar-refractivity contribution in [3.63, 3.8) is 0 Å². The number of benzene rings is 1. The van der Waals surface area contributed by atoms with E-state index in [0.717, 1.165) is 5.56 Å². The summed E-state index contributed by atoms with van der Waals surface area (Å²) < 4.78 is 22.4. The smallest absolute Gasteiger partial charge is 0.311 e. The highest BCUT2D eigenvalue weighted by Crippen LogP contribution is 2.09. The van der Waals surface area contributed by atoms with Crippen molar-refractivity contribution in [2.45, 2.75) is 39.0 Å². The van der Waals surface area contributed by atoms with Gasteiger partial charge in [-0.05, 0) is 36.0 Å². The average Bonchev–Trinajstić information content (AvgIpc) is 2.52. The molecular weight excluding hydrogens is 354 g/mol. The number of amides is 2. The van der Waals surface area contributed by atoms with E-state index in [1.165, 1.54) is 12.1 Å². The molecule has 0 atom stereocenters. The number of nitrogens with zero attached hydrogens (tertiary/aromatic N) is 1. The Morgan fingerprint density at radius 3 is 1.96 bits per heavy atom. The summed E-state index contributed by atoms with van der Waals surface area (Å²) >= 11 is 0. The van der Waals surface area contributed by atoms with Gasteiger partial charge in [0.25, 0.3) is 0 Å². The maximum atomic E-state index is 12.3. The Balaban J connectivity index is 2.57. The van der Waals surface area contributed by atoms with Gasteiger partial charge in [0, 0.05) is 19.6 Å². The average molecular weight is 384 g/mol. The van der Waals surface area contributed by atoms with E-state index in [4.69, 9.17) is 5.14 Å². The standard InChI is InChI=1S/C18H29N3O4S/c1-13(2)11-21(12-14(3)4)18(23)17(22)20-10-9-15-5-7-16(8-6-15)26(19,24)25/h5-8,13-14H,9-12H2,1-4H3,(H,20,22)(H2,19,24,25). The summed E-state index contributed by atoms with van der Waals surface area (Å²) in [6.07, 6.45) is 0.484. The second-order valence-corrected chi connectivity index (χ2v) is 8.75. The van der Waals surface area contributed by atoms with Gasteiger partial charge in [-0.25, -0.2) is 13.6 Å². The van der Waals surface area contributed by atoms with Crippen molar-refractivity contribution in [3.05, 3.63) is 29.8 Å². The van der Waals surface area contributed by atoms with Gasteiger partial charge in [0.15, 0.2) is 0 Å². The van der Waals surface area contributed by atoms with Crippen LogP contribution in [0.5, 0.6) is 0 Å². The molecule has 1 aromatic carbocycles. The Morgan fingerprint density at radius 1 is 1.04 bits per heavy atom. The molecule has 0 aliphatic rings. The Morgan fingerprint density at radius 2 is 1.54 bits per heavy atom. The molecule has 3 N–H and O–H groups in total. The van der Waals surface area contributed by atoms with Gasteiger partial charge in [0.1, 0.15) is 0 Å². The van der Waals surface area contributed by atoms with Gasteiger partial charge in [-0.1, -0.05) is 39.8 Å². The van der Waals surface area contributed by atoms with Crippen molar-refractivity contribution in [2.75, 3.05) is 19.6 Å². The lowest BCUT2D eigenvalue weighted by molar-refractivity contribution is -0.146. The summed E-state index contributed by atoms with van der Waals surface area (Å²) in [5.41, 5.74) is 0.839. The Bertz CT molecular complexity index is 702. The molecule has 1 rings (SSSR count). The largest absolute Gasteiger partial charge is 0.347 e. The molecule has 0 spiro atoms. The predicted molar refractivity (Wildman–Crippen MR) is 101 cm³/mol. The van der Waals surface area contributed by atoms with Gasteiger partial charge >= 0.3 is 11.8 Å². The molecule has 2 amide bonds. The van der Waals surface area contributed by atoms with Crippen molar-refractivity contribution < 1.29 is 18.0 Å². The third-order valence-electron chi connectivity index (χ3n) is 3.60. The molecule has 146 valence electrons. The second kappa shape index (κ2) is 9.68. The summed E-state index contributed by atoms with van der Waals surface area (Å²) in [7, 11) is -3.71. The van der Waals surface area contributed by atoms with Crippen LogP contribution in [-0.4, -0.2) is 44.8 Å². The van der Waals surface area contributed by atoms with E-state index in [1.807, 2.05) is 27.7 Å². The van der Waals surface area contributed by atoms with Gasteiger partial charge in [-0.3, -0.25) is 9.59 Å². The lowest BCUT2D eigenvalue weighted by Crippen LogP contribution is -2.46. The summed E-state index contributed by atoms with van der Waals surface area (Å²) in [5, 5.41) is 7.68. The number of carbonyl (C=O) groups is 2. The van der Waals surface area contributed by atoms with Gasteiger partial charge in [-0.2, -0.15) is 0 Å². The molecule has 1 aromatic rings. The molecule has 0 saturated heterocycles. The molecule has 0 bridgehead atoms. The van der Waals surface area contributed by atoms with Crippen LogP contribution in [0.1, 0.15) is 33.3 Å². The Labute approximate surface area is 156 Å². The van der Waals surface area contributed by atoms with Crippen LogP contribution in [0.4, 0.5) is 0 Å². The van der Waals surface area contributed by atoms with Crippen molar-refractivity contribution in [1.29, 1.82) is 0 Å². The number of primary sulfonamides is 1. The lowest BCUT2D eigenvalue weighted by Gasteiger charge is -2.25.